The van der Waals surface area contributed by atoms with Crippen LogP contribution in [0.15, 0.2) is 60.7 Å². The highest BCUT2D eigenvalue weighted by atomic mass is 32.2. The third kappa shape index (κ3) is 3.07. The average Bonchev–Trinajstić information content (AvgIpc) is 3.51. The highest BCUT2D eigenvalue weighted by molar-refractivity contribution is 8.02. The second-order valence-corrected chi connectivity index (χ2v) is 13.2. The molecule has 0 aliphatic carbocycles. The third-order valence-electron chi connectivity index (χ3n) is 7.98. The number of fused-ring (bicyclic) bond motifs is 2. The minimum Gasteiger partial charge on any atom is -0.303 e. The van der Waals surface area contributed by atoms with Crippen molar-refractivity contribution in [1.29, 1.82) is 0 Å². The van der Waals surface area contributed by atoms with E-state index in [1.807, 2.05) is 41.3 Å². The molecule has 2 atom stereocenters. The van der Waals surface area contributed by atoms with Gasteiger partial charge in [0.25, 0.3) is 5.91 Å². The Kier molecular flexibility index (Phi) is 4.77. The lowest BCUT2D eigenvalue weighted by atomic mass is 9.80. The Bertz CT molecular complexity index is 1620. The number of thioether (sulfide) groups is 1. The number of carbonyl (C=O) groups excluding carboxylic acids is 2. The van der Waals surface area contributed by atoms with E-state index in [1.54, 1.807) is 16.2 Å². The molecule has 1 aromatic heterocycles. The summed E-state index contributed by atoms with van der Waals surface area (Å²) < 4.78 is 1.16. The zero-order chi connectivity index (χ0) is 25.7. The normalized spacial score (nSPS) is 23.9. The second-order valence-electron chi connectivity index (χ2n) is 11.0. The van der Waals surface area contributed by atoms with Gasteiger partial charge in [0, 0.05) is 22.4 Å². The van der Waals surface area contributed by atoms with Gasteiger partial charge < -0.3 is 4.90 Å². The largest absolute Gasteiger partial charge is 0.303 e. The predicted molar refractivity (Wildman–Crippen MR) is 152 cm³/mol. The summed E-state index contributed by atoms with van der Waals surface area (Å²) in [6.45, 7) is 8.60. The maximum absolute atomic E-state index is 14.4. The van der Waals surface area contributed by atoms with E-state index in [0.717, 1.165) is 44.1 Å². The average molecular weight is 526 g/mol. The predicted octanol–water partition coefficient (Wildman–Crippen LogP) is 6.84. The Balaban J connectivity index is 1.34. The van der Waals surface area contributed by atoms with Crippen LogP contribution in [-0.4, -0.2) is 28.1 Å². The van der Waals surface area contributed by atoms with E-state index in [9.17, 15) is 9.59 Å². The molecule has 186 valence electrons. The lowest BCUT2D eigenvalue weighted by Gasteiger charge is -2.44. The van der Waals surface area contributed by atoms with Crippen molar-refractivity contribution in [3.8, 4) is 10.6 Å². The van der Waals surface area contributed by atoms with Crippen LogP contribution in [-0.2, 0) is 14.5 Å². The van der Waals surface area contributed by atoms with E-state index in [-0.39, 0.29) is 23.1 Å². The molecule has 4 heterocycles. The standard InChI is InChI=1S/C30H27N3O2S2/c1-17-8-13-23-24(14-17)37-27(31-23)19-9-11-20(12-10-19)32-25(34)16-36-30(32)22-7-5-6-21-18(2)15-29(3,4)33(26(21)22)28(30)35/h5-14,18H,15-16H2,1-4H3/t18-,30-/m1/s1. The summed E-state index contributed by atoms with van der Waals surface area (Å²) in [7, 11) is 0. The SMILES string of the molecule is Cc1ccc2nc(-c3ccc(N4C(=O)CS[C@]45C(=O)N4c6c(cccc65)[C@H](C)CC4(C)C)cc3)sc2c1. The van der Waals surface area contributed by atoms with E-state index in [1.165, 1.54) is 22.9 Å². The number of nitrogens with zero attached hydrogens (tertiary/aromatic N) is 3. The molecule has 0 unspecified atom stereocenters. The molecule has 2 amide bonds. The topological polar surface area (TPSA) is 53.5 Å². The molecule has 3 aliphatic rings. The summed E-state index contributed by atoms with van der Waals surface area (Å²) >= 11 is 3.12. The van der Waals surface area contributed by atoms with Gasteiger partial charge in [-0.05, 0) is 80.6 Å². The van der Waals surface area contributed by atoms with E-state index >= 15 is 0 Å². The molecule has 0 bridgehead atoms. The van der Waals surface area contributed by atoms with Gasteiger partial charge in [-0.1, -0.05) is 31.2 Å². The van der Waals surface area contributed by atoms with Crippen LogP contribution in [0.25, 0.3) is 20.8 Å². The van der Waals surface area contributed by atoms with Gasteiger partial charge in [-0.2, -0.15) is 0 Å². The van der Waals surface area contributed by atoms with Crippen LogP contribution in [0.4, 0.5) is 11.4 Å². The number of hydrogen-bond donors (Lipinski definition) is 0. The molecule has 3 aliphatic heterocycles. The Hall–Kier alpha value is -3.16. The van der Waals surface area contributed by atoms with Crippen molar-refractivity contribution in [2.45, 2.75) is 50.4 Å². The molecule has 3 aromatic carbocycles. The zero-order valence-corrected chi connectivity index (χ0v) is 22.9. The van der Waals surface area contributed by atoms with Gasteiger partial charge in [-0.25, -0.2) is 4.98 Å². The minimum absolute atomic E-state index is 0.00619. The number of amides is 2. The summed E-state index contributed by atoms with van der Waals surface area (Å²) in [5.41, 5.74) is 6.78. The number of aromatic nitrogens is 1. The molecular formula is C30H27N3O2S2. The molecule has 1 saturated heterocycles. The van der Waals surface area contributed by atoms with Crippen molar-refractivity contribution in [3.63, 3.8) is 0 Å². The van der Waals surface area contributed by atoms with Crippen molar-refractivity contribution in [1.82, 2.24) is 4.98 Å². The lowest BCUT2D eigenvalue weighted by Crippen LogP contribution is -2.56. The molecule has 7 rings (SSSR count). The van der Waals surface area contributed by atoms with Crippen molar-refractivity contribution >= 4 is 56.5 Å². The first kappa shape index (κ1) is 23.0. The number of benzene rings is 3. The molecular weight excluding hydrogens is 498 g/mol. The summed E-state index contributed by atoms with van der Waals surface area (Å²) in [6.07, 6.45) is 0.889. The van der Waals surface area contributed by atoms with Crippen molar-refractivity contribution in [3.05, 3.63) is 77.4 Å². The van der Waals surface area contributed by atoms with Crippen molar-refractivity contribution < 1.29 is 9.59 Å². The Labute approximate surface area is 224 Å². The Morgan fingerprint density at radius 2 is 1.78 bits per heavy atom. The summed E-state index contributed by atoms with van der Waals surface area (Å²) in [4.78, 5) is 35.3. The number of anilines is 2. The second kappa shape index (κ2) is 7.68. The van der Waals surface area contributed by atoms with E-state index in [2.05, 4.69) is 52.0 Å². The molecule has 7 heteroatoms. The number of aryl methyl sites for hydroxylation is 1. The fourth-order valence-corrected chi connectivity index (χ4v) is 8.84. The number of para-hydroxylation sites is 1. The van der Waals surface area contributed by atoms with Crippen LogP contribution < -0.4 is 9.80 Å². The van der Waals surface area contributed by atoms with Crippen LogP contribution in [0.5, 0.6) is 0 Å². The summed E-state index contributed by atoms with van der Waals surface area (Å²) in [6, 6.07) is 20.5. The van der Waals surface area contributed by atoms with Crippen LogP contribution in [0.3, 0.4) is 0 Å². The molecule has 1 fully saturated rings. The zero-order valence-electron chi connectivity index (χ0n) is 21.2. The number of hydrogen-bond acceptors (Lipinski definition) is 5. The third-order valence-corrected chi connectivity index (χ3v) is 10.4. The monoisotopic (exact) mass is 525 g/mol. The van der Waals surface area contributed by atoms with Gasteiger partial charge in [0.05, 0.1) is 21.7 Å². The van der Waals surface area contributed by atoms with Crippen LogP contribution in [0.2, 0.25) is 0 Å². The van der Waals surface area contributed by atoms with E-state index < -0.39 is 4.87 Å². The molecule has 0 saturated carbocycles. The Morgan fingerprint density at radius 3 is 2.57 bits per heavy atom. The first-order valence-electron chi connectivity index (χ1n) is 12.6. The van der Waals surface area contributed by atoms with Crippen molar-refractivity contribution in [2.75, 3.05) is 15.6 Å². The van der Waals surface area contributed by atoms with Crippen LogP contribution >= 0.6 is 23.1 Å². The highest BCUT2D eigenvalue weighted by Gasteiger charge is 2.64. The van der Waals surface area contributed by atoms with Crippen LogP contribution in [0, 0.1) is 6.92 Å². The molecule has 4 aromatic rings. The maximum Gasteiger partial charge on any atom is 0.269 e. The van der Waals surface area contributed by atoms with Gasteiger partial charge in [0.15, 0.2) is 0 Å². The van der Waals surface area contributed by atoms with E-state index in [0.29, 0.717) is 5.92 Å². The number of rotatable bonds is 2. The first-order valence-corrected chi connectivity index (χ1v) is 14.4. The van der Waals surface area contributed by atoms with Crippen LogP contribution in [0.1, 0.15) is 49.8 Å². The summed E-state index contributed by atoms with van der Waals surface area (Å²) in [5.74, 6) is 0.577. The fraction of sp³-hybridized carbons (Fsp3) is 0.300. The molecule has 0 radical (unpaired) electrons. The highest BCUT2D eigenvalue weighted by Crippen LogP contribution is 2.61. The smallest absolute Gasteiger partial charge is 0.269 e. The minimum atomic E-state index is -1.07. The first-order chi connectivity index (χ1) is 17.7. The molecule has 37 heavy (non-hydrogen) atoms. The summed E-state index contributed by atoms with van der Waals surface area (Å²) in [5, 5.41) is 0.948. The van der Waals surface area contributed by atoms with Gasteiger partial charge in [-0.15, -0.1) is 23.1 Å². The Morgan fingerprint density at radius 1 is 1.00 bits per heavy atom. The lowest BCUT2D eigenvalue weighted by molar-refractivity contribution is -0.124. The maximum atomic E-state index is 14.4. The number of carbonyl (C=O) groups is 2. The van der Waals surface area contributed by atoms with Gasteiger partial charge in [0.1, 0.15) is 5.01 Å². The number of thiazole rings is 1. The van der Waals surface area contributed by atoms with E-state index in [4.69, 9.17) is 4.98 Å². The molecule has 1 spiro atoms. The van der Waals surface area contributed by atoms with Gasteiger partial charge in [-0.3, -0.25) is 14.5 Å². The molecule has 0 N–H and O–H groups in total. The van der Waals surface area contributed by atoms with Crippen molar-refractivity contribution in [2.24, 2.45) is 0 Å². The quantitative estimate of drug-likeness (QED) is 0.288. The molecule has 5 nitrogen and oxygen atoms in total. The fourth-order valence-electron chi connectivity index (χ4n) is 6.44. The van der Waals surface area contributed by atoms with Gasteiger partial charge >= 0.3 is 0 Å². The van der Waals surface area contributed by atoms with Gasteiger partial charge in [0.2, 0.25) is 10.8 Å².